The van der Waals surface area contributed by atoms with Crippen LogP contribution in [-0.2, 0) is 0 Å². The van der Waals surface area contributed by atoms with Gasteiger partial charge in [-0.15, -0.1) is 0 Å². The van der Waals surface area contributed by atoms with Crippen molar-refractivity contribution in [2.45, 2.75) is 18.4 Å². The molecule has 0 saturated heterocycles. The first kappa shape index (κ1) is 12.6. The number of rotatable bonds is 4. The number of benzene rings is 1. The van der Waals surface area contributed by atoms with Crippen LogP contribution in [0.4, 0.5) is 5.69 Å². The van der Waals surface area contributed by atoms with E-state index in [4.69, 9.17) is 5.84 Å². The van der Waals surface area contributed by atoms with E-state index in [-0.39, 0.29) is 11.9 Å². The van der Waals surface area contributed by atoms with E-state index >= 15 is 0 Å². The van der Waals surface area contributed by atoms with Crippen LogP contribution < -0.4 is 16.6 Å². The second-order valence-corrected chi connectivity index (χ2v) is 4.90. The Morgan fingerprint density at radius 3 is 2.80 bits per heavy atom. The number of pyridine rings is 1. The standard InChI is InChI=1S/C15H16N4O/c16-19-14-9-17-7-6-11(14)15(20)18-13-8-12(13)10-4-2-1-3-5-10/h1-7,9,12-13,19H,8,16H2,(H,18,20). The molecule has 20 heavy (non-hydrogen) atoms. The summed E-state index contributed by atoms with van der Waals surface area (Å²) in [4.78, 5) is 16.2. The fourth-order valence-corrected chi connectivity index (χ4v) is 2.38. The third-order valence-electron chi connectivity index (χ3n) is 3.56. The molecule has 1 fully saturated rings. The summed E-state index contributed by atoms with van der Waals surface area (Å²) in [6.07, 6.45) is 4.10. The highest BCUT2D eigenvalue weighted by atomic mass is 16.1. The summed E-state index contributed by atoms with van der Waals surface area (Å²) in [7, 11) is 0. The lowest BCUT2D eigenvalue weighted by Gasteiger charge is -2.08. The quantitative estimate of drug-likeness (QED) is 0.582. The number of nitrogens with two attached hydrogens (primary N) is 1. The molecule has 1 aromatic heterocycles. The largest absolute Gasteiger partial charge is 0.349 e. The average molecular weight is 268 g/mol. The molecule has 1 heterocycles. The first-order valence-corrected chi connectivity index (χ1v) is 6.56. The maximum absolute atomic E-state index is 12.2. The monoisotopic (exact) mass is 268 g/mol. The molecule has 1 aliphatic carbocycles. The molecule has 0 spiro atoms. The van der Waals surface area contributed by atoms with Crippen molar-refractivity contribution in [1.29, 1.82) is 0 Å². The van der Waals surface area contributed by atoms with Gasteiger partial charge in [0.1, 0.15) is 0 Å². The van der Waals surface area contributed by atoms with Crippen LogP contribution in [0, 0.1) is 0 Å². The number of nitrogens with one attached hydrogen (secondary N) is 2. The molecule has 0 bridgehead atoms. The van der Waals surface area contributed by atoms with Crippen molar-refractivity contribution in [2.24, 2.45) is 5.84 Å². The third kappa shape index (κ3) is 2.48. The Morgan fingerprint density at radius 2 is 2.05 bits per heavy atom. The highest BCUT2D eigenvalue weighted by molar-refractivity contribution is 5.99. The number of carbonyl (C=O) groups excluding carboxylic acids is 1. The van der Waals surface area contributed by atoms with Crippen molar-refractivity contribution in [3.63, 3.8) is 0 Å². The predicted octanol–water partition coefficient (Wildman–Crippen LogP) is 1.65. The Bertz CT molecular complexity index is 614. The smallest absolute Gasteiger partial charge is 0.253 e. The van der Waals surface area contributed by atoms with Gasteiger partial charge < -0.3 is 10.7 Å². The molecule has 2 unspecified atom stereocenters. The lowest BCUT2D eigenvalue weighted by atomic mass is 10.1. The maximum Gasteiger partial charge on any atom is 0.253 e. The first-order chi connectivity index (χ1) is 9.79. The number of amides is 1. The van der Waals surface area contributed by atoms with E-state index in [9.17, 15) is 4.79 Å². The molecule has 1 amide bonds. The molecule has 1 aliphatic rings. The second kappa shape index (κ2) is 5.30. The summed E-state index contributed by atoms with van der Waals surface area (Å²) in [6, 6.07) is 12.1. The number of nitrogen functional groups attached to an aromatic ring is 1. The number of anilines is 1. The van der Waals surface area contributed by atoms with Gasteiger partial charge in [-0.25, -0.2) is 0 Å². The fourth-order valence-electron chi connectivity index (χ4n) is 2.38. The van der Waals surface area contributed by atoms with Crippen LogP contribution >= 0.6 is 0 Å². The van der Waals surface area contributed by atoms with Gasteiger partial charge in [0, 0.05) is 18.2 Å². The van der Waals surface area contributed by atoms with Crippen LogP contribution in [0.3, 0.4) is 0 Å². The predicted molar refractivity (Wildman–Crippen MR) is 77.1 cm³/mol. The zero-order chi connectivity index (χ0) is 13.9. The molecular weight excluding hydrogens is 252 g/mol. The van der Waals surface area contributed by atoms with Crippen molar-refractivity contribution in [1.82, 2.24) is 10.3 Å². The number of hydrazine groups is 1. The van der Waals surface area contributed by atoms with Crippen LogP contribution in [0.15, 0.2) is 48.8 Å². The molecule has 2 atom stereocenters. The lowest BCUT2D eigenvalue weighted by Crippen LogP contribution is -2.28. The van der Waals surface area contributed by atoms with Crippen molar-refractivity contribution < 1.29 is 4.79 Å². The van der Waals surface area contributed by atoms with E-state index in [1.807, 2.05) is 18.2 Å². The van der Waals surface area contributed by atoms with Crippen molar-refractivity contribution in [2.75, 3.05) is 5.43 Å². The molecule has 4 N–H and O–H groups in total. The first-order valence-electron chi connectivity index (χ1n) is 6.56. The Hall–Kier alpha value is -2.40. The molecule has 2 aromatic rings. The zero-order valence-electron chi connectivity index (χ0n) is 10.9. The minimum Gasteiger partial charge on any atom is -0.349 e. The van der Waals surface area contributed by atoms with E-state index in [0.717, 1.165) is 6.42 Å². The third-order valence-corrected chi connectivity index (χ3v) is 3.56. The molecule has 5 nitrogen and oxygen atoms in total. The summed E-state index contributed by atoms with van der Waals surface area (Å²) in [5, 5.41) is 3.03. The van der Waals surface area contributed by atoms with E-state index in [0.29, 0.717) is 17.2 Å². The topological polar surface area (TPSA) is 80.0 Å². The van der Waals surface area contributed by atoms with E-state index in [1.165, 1.54) is 11.8 Å². The number of hydrogen-bond donors (Lipinski definition) is 3. The molecule has 1 saturated carbocycles. The van der Waals surface area contributed by atoms with Crippen molar-refractivity contribution in [3.05, 3.63) is 59.9 Å². The fraction of sp³-hybridized carbons (Fsp3) is 0.200. The van der Waals surface area contributed by atoms with Gasteiger partial charge in [0.05, 0.1) is 17.4 Å². The minimum absolute atomic E-state index is 0.121. The molecule has 5 heteroatoms. The Kier molecular flexibility index (Phi) is 3.35. The molecule has 0 radical (unpaired) electrons. The lowest BCUT2D eigenvalue weighted by molar-refractivity contribution is 0.0951. The van der Waals surface area contributed by atoms with Crippen LogP contribution in [0.25, 0.3) is 0 Å². The SMILES string of the molecule is NNc1cnccc1C(=O)NC1CC1c1ccccc1. The molecule has 1 aromatic carbocycles. The van der Waals surface area contributed by atoms with Gasteiger partial charge >= 0.3 is 0 Å². The molecule has 102 valence electrons. The van der Waals surface area contributed by atoms with Crippen molar-refractivity contribution >= 4 is 11.6 Å². The summed E-state index contributed by atoms with van der Waals surface area (Å²) < 4.78 is 0. The highest BCUT2D eigenvalue weighted by Crippen LogP contribution is 2.40. The van der Waals surface area contributed by atoms with Crippen molar-refractivity contribution in [3.8, 4) is 0 Å². The number of carbonyl (C=O) groups is 1. The highest BCUT2D eigenvalue weighted by Gasteiger charge is 2.39. The number of aromatic nitrogens is 1. The van der Waals surface area contributed by atoms with Gasteiger partial charge in [-0.05, 0) is 18.1 Å². The molecule has 0 aliphatic heterocycles. The summed E-state index contributed by atoms with van der Waals surface area (Å²) in [5.41, 5.74) is 4.80. The molecule has 3 rings (SSSR count). The van der Waals surface area contributed by atoms with E-state index < -0.39 is 0 Å². The Balaban J connectivity index is 1.67. The van der Waals surface area contributed by atoms with Gasteiger partial charge in [-0.2, -0.15) is 0 Å². The van der Waals surface area contributed by atoms with Gasteiger partial charge in [0.25, 0.3) is 5.91 Å². The van der Waals surface area contributed by atoms with Gasteiger partial charge in [0.15, 0.2) is 0 Å². The van der Waals surface area contributed by atoms with E-state index in [2.05, 4.69) is 27.9 Å². The number of hydrogen-bond acceptors (Lipinski definition) is 4. The normalized spacial score (nSPS) is 20.2. The molecular formula is C15H16N4O. The zero-order valence-corrected chi connectivity index (χ0v) is 10.9. The number of nitrogens with zero attached hydrogens (tertiary/aromatic N) is 1. The van der Waals surface area contributed by atoms with Crippen LogP contribution in [-0.4, -0.2) is 16.9 Å². The second-order valence-electron chi connectivity index (χ2n) is 4.90. The average Bonchev–Trinajstić information content (AvgIpc) is 3.27. The van der Waals surface area contributed by atoms with Crippen LogP contribution in [0.1, 0.15) is 28.3 Å². The van der Waals surface area contributed by atoms with E-state index in [1.54, 1.807) is 12.3 Å². The summed E-state index contributed by atoms with van der Waals surface area (Å²) in [6.45, 7) is 0. The minimum atomic E-state index is -0.121. The van der Waals surface area contributed by atoms with Gasteiger partial charge in [-0.3, -0.25) is 15.6 Å². The summed E-state index contributed by atoms with van der Waals surface area (Å²) >= 11 is 0. The van der Waals surface area contributed by atoms with Crippen LogP contribution in [0.5, 0.6) is 0 Å². The summed E-state index contributed by atoms with van der Waals surface area (Å²) in [5.74, 6) is 5.67. The Morgan fingerprint density at radius 1 is 1.25 bits per heavy atom. The van der Waals surface area contributed by atoms with Crippen LogP contribution in [0.2, 0.25) is 0 Å². The maximum atomic E-state index is 12.2. The van der Waals surface area contributed by atoms with Gasteiger partial charge in [-0.1, -0.05) is 30.3 Å². The van der Waals surface area contributed by atoms with Gasteiger partial charge in [0.2, 0.25) is 0 Å². The Labute approximate surface area is 117 Å².